The van der Waals surface area contributed by atoms with Gasteiger partial charge in [0.2, 0.25) is 0 Å². The van der Waals surface area contributed by atoms with Crippen LogP contribution < -0.4 is 11.2 Å². The minimum atomic E-state index is -0.274. The first-order valence-corrected chi connectivity index (χ1v) is 5.05. The van der Waals surface area contributed by atoms with Crippen molar-refractivity contribution in [1.82, 2.24) is 9.55 Å². The molecule has 0 saturated heterocycles. The fraction of sp³-hybridized carbons (Fsp3) is 0.273. The summed E-state index contributed by atoms with van der Waals surface area (Å²) in [4.78, 5) is 16.1. The number of nitrogens with zero attached hydrogens (tertiary/aromatic N) is 2. The van der Waals surface area contributed by atoms with Crippen LogP contribution in [0.25, 0.3) is 11.0 Å². The highest BCUT2D eigenvalue weighted by Crippen LogP contribution is 2.12. The number of fused-ring (bicyclic) bond motifs is 1. The Morgan fingerprint density at radius 3 is 2.94 bits per heavy atom. The molecule has 0 aliphatic heterocycles. The minimum absolute atomic E-state index is 0.206. The van der Waals surface area contributed by atoms with Crippen LogP contribution in [0.15, 0.2) is 23.3 Å². The third-order valence-corrected chi connectivity index (χ3v) is 2.52. The van der Waals surface area contributed by atoms with Gasteiger partial charge in [-0.05, 0) is 13.0 Å². The van der Waals surface area contributed by atoms with Gasteiger partial charge in [0.1, 0.15) is 5.65 Å². The molecule has 0 radical (unpaired) electrons. The Labute approximate surface area is 92.2 Å². The van der Waals surface area contributed by atoms with E-state index in [1.54, 1.807) is 12.3 Å². The number of rotatable bonds is 2. The van der Waals surface area contributed by atoms with Crippen LogP contribution in [0.4, 0.5) is 5.69 Å². The molecule has 0 unspecified atom stereocenters. The number of nitrogens with two attached hydrogens (primary N) is 1. The maximum Gasteiger partial charge on any atom is 0.196 e. The van der Waals surface area contributed by atoms with Gasteiger partial charge in [-0.2, -0.15) is 0 Å². The molecule has 3 N–H and O–H groups in total. The molecule has 0 fully saturated rings. The average molecular weight is 219 g/mol. The van der Waals surface area contributed by atoms with E-state index in [4.69, 9.17) is 10.8 Å². The van der Waals surface area contributed by atoms with Crippen molar-refractivity contribution < 1.29 is 5.11 Å². The smallest absolute Gasteiger partial charge is 0.196 e. The van der Waals surface area contributed by atoms with Gasteiger partial charge in [0.25, 0.3) is 0 Å². The van der Waals surface area contributed by atoms with Crippen molar-refractivity contribution in [1.29, 1.82) is 0 Å². The fourth-order valence-electron chi connectivity index (χ4n) is 1.70. The van der Waals surface area contributed by atoms with Crippen molar-refractivity contribution in [2.45, 2.75) is 20.1 Å². The molecule has 84 valence electrons. The minimum Gasteiger partial charge on any atom is -0.397 e. The zero-order valence-electron chi connectivity index (χ0n) is 8.97. The number of aromatic nitrogens is 2. The number of hydrogen-bond acceptors (Lipinski definition) is 4. The van der Waals surface area contributed by atoms with Crippen LogP contribution in [0.3, 0.4) is 0 Å². The zero-order chi connectivity index (χ0) is 11.7. The van der Waals surface area contributed by atoms with Gasteiger partial charge in [0.05, 0.1) is 23.9 Å². The van der Waals surface area contributed by atoms with Gasteiger partial charge in [-0.1, -0.05) is 0 Å². The van der Waals surface area contributed by atoms with Crippen molar-refractivity contribution in [3.05, 3.63) is 34.2 Å². The van der Waals surface area contributed by atoms with Gasteiger partial charge in [-0.15, -0.1) is 0 Å². The van der Waals surface area contributed by atoms with Crippen LogP contribution in [0.2, 0.25) is 0 Å². The number of aryl methyl sites for hydroxylation is 1. The van der Waals surface area contributed by atoms with E-state index in [0.29, 0.717) is 28.8 Å². The third kappa shape index (κ3) is 1.55. The Bertz CT molecular complexity index is 590. The standard InChI is InChI=1S/C11H13N3O2/c1-2-14-5-7(6-15)10(16)9-3-8(12)4-13-11(9)14/h3-5,15H,2,6,12H2,1H3. The number of nitrogen functional groups attached to an aromatic ring is 1. The van der Waals surface area contributed by atoms with E-state index in [0.717, 1.165) is 0 Å². The molecule has 0 aromatic carbocycles. The second kappa shape index (κ2) is 3.94. The largest absolute Gasteiger partial charge is 0.397 e. The van der Waals surface area contributed by atoms with Gasteiger partial charge in [-0.25, -0.2) is 4.98 Å². The van der Waals surface area contributed by atoms with Gasteiger partial charge in [0, 0.05) is 18.3 Å². The number of pyridine rings is 2. The van der Waals surface area contributed by atoms with Crippen LogP contribution in [0.1, 0.15) is 12.5 Å². The van der Waals surface area contributed by atoms with Crippen LogP contribution in [0, 0.1) is 0 Å². The van der Waals surface area contributed by atoms with E-state index in [2.05, 4.69) is 4.98 Å². The van der Waals surface area contributed by atoms with E-state index in [-0.39, 0.29) is 12.0 Å². The summed E-state index contributed by atoms with van der Waals surface area (Å²) < 4.78 is 1.82. The van der Waals surface area contributed by atoms with Crippen molar-refractivity contribution in [2.24, 2.45) is 0 Å². The van der Waals surface area contributed by atoms with E-state index in [1.165, 1.54) is 6.20 Å². The molecular weight excluding hydrogens is 206 g/mol. The lowest BCUT2D eigenvalue weighted by Gasteiger charge is -2.09. The summed E-state index contributed by atoms with van der Waals surface area (Å²) in [5.41, 5.74) is 6.80. The first-order chi connectivity index (χ1) is 7.67. The van der Waals surface area contributed by atoms with Crippen molar-refractivity contribution in [3.63, 3.8) is 0 Å². The molecule has 2 aromatic rings. The van der Waals surface area contributed by atoms with E-state index in [9.17, 15) is 4.79 Å². The highest BCUT2D eigenvalue weighted by Gasteiger charge is 2.08. The number of aliphatic hydroxyl groups excluding tert-OH is 1. The molecule has 16 heavy (non-hydrogen) atoms. The lowest BCUT2D eigenvalue weighted by atomic mass is 10.2. The molecule has 2 aromatic heterocycles. The summed E-state index contributed by atoms with van der Waals surface area (Å²) in [5, 5.41) is 9.55. The molecule has 0 aliphatic rings. The van der Waals surface area contributed by atoms with E-state index >= 15 is 0 Å². The summed E-state index contributed by atoms with van der Waals surface area (Å²) in [7, 11) is 0. The monoisotopic (exact) mass is 219 g/mol. The predicted molar refractivity (Wildman–Crippen MR) is 62.0 cm³/mol. The Kier molecular flexibility index (Phi) is 2.62. The highest BCUT2D eigenvalue weighted by atomic mass is 16.3. The Morgan fingerprint density at radius 2 is 2.31 bits per heavy atom. The van der Waals surface area contributed by atoms with Crippen LogP contribution in [-0.4, -0.2) is 14.7 Å². The molecule has 2 heterocycles. The maximum atomic E-state index is 11.9. The maximum absolute atomic E-state index is 11.9. The highest BCUT2D eigenvalue weighted by molar-refractivity contribution is 5.78. The molecule has 0 saturated carbocycles. The molecule has 2 rings (SSSR count). The lowest BCUT2D eigenvalue weighted by Crippen LogP contribution is -2.15. The normalized spacial score (nSPS) is 10.9. The molecule has 0 bridgehead atoms. The van der Waals surface area contributed by atoms with E-state index in [1.807, 2.05) is 11.5 Å². The predicted octanol–water partition coefficient (Wildman–Crippen LogP) is 0.491. The fourth-order valence-corrected chi connectivity index (χ4v) is 1.70. The summed E-state index contributed by atoms with van der Waals surface area (Å²) in [6.45, 7) is 2.35. The van der Waals surface area contributed by atoms with E-state index < -0.39 is 0 Å². The Balaban J connectivity index is 2.91. The second-order valence-electron chi connectivity index (χ2n) is 3.57. The van der Waals surface area contributed by atoms with Crippen LogP contribution in [-0.2, 0) is 13.2 Å². The topological polar surface area (TPSA) is 81.1 Å². The molecule has 0 amide bonds. The number of hydrogen-bond donors (Lipinski definition) is 2. The van der Waals surface area contributed by atoms with Crippen LogP contribution >= 0.6 is 0 Å². The van der Waals surface area contributed by atoms with Gasteiger partial charge < -0.3 is 15.4 Å². The Hall–Kier alpha value is -1.88. The summed E-state index contributed by atoms with van der Waals surface area (Å²) in [6, 6.07) is 1.59. The van der Waals surface area contributed by atoms with Crippen LogP contribution in [0.5, 0.6) is 0 Å². The quantitative estimate of drug-likeness (QED) is 0.770. The molecule has 0 aliphatic carbocycles. The number of aliphatic hydroxyl groups is 1. The Morgan fingerprint density at radius 1 is 1.56 bits per heavy atom. The molecular formula is C11H13N3O2. The van der Waals surface area contributed by atoms with Crippen molar-refractivity contribution in [2.75, 3.05) is 5.73 Å². The molecule has 0 spiro atoms. The molecule has 0 atom stereocenters. The molecule has 5 nitrogen and oxygen atoms in total. The average Bonchev–Trinajstić information content (AvgIpc) is 2.30. The van der Waals surface area contributed by atoms with Crippen molar-refractivity contribution >= 4 is 16.7 Å². The van der Waals surface area contributed by atoms with Gasteiger partial charge in [-0.3, -0.25) is 4.79 Å². The van der Waals surface area contributed by atoms with Crippen molar-refractivity contribution in [3.8, 4) is 0 Å². The number of anilines is 1. The zero-order valence-corrected chi connectivity index (χ0v) is 8.97. The molecule has 5 heteroatoms. The first-order valence-electron chi connectivity index (χ1n) is 5.05. The summed E-state index contributed by atoms with van der Waals surface area (Å²) in [6.07, 6.45) is 3.15. The van der Waals surface area contributed by atoms with Gasteiger partial charge in [0.15, 0.2) is 5.43 Å². The summed E-state index contributed by atoms with van der Waals surface area (Å²) in [5.74, 6) is 0. The SMILES string of the molecule is CCn1cc(CO)c(=O)c2cc(N)cnc21. The van der Waals surface area contributed by atoms with Gasteiger partial charge >= 0.3 is 0 Å². The second-order valence-corrected chi connectivity index (χ2v) is 3.57. The third-order valence-electron chi connectivity index (χ3n) is 2.52. The summed E-state index contributed by atoms with van der Waals surface area (Å²) >= 11 is 0. The first kappa shape index (κ1) is 10.6. The lowest BCUT2D eigenvalue weighted by molar-refractivity contribution is 0.280.